The van der Waals surface area contributed by atoms with Crippen LogP contribution in [0.25, 0.3) is 0 Å². The number of hydrazone groups is 1. The van der Waals surface area contributed by atoms with Gasteiger partial charge >= 0.3 is 0 Å². The van der Waals surface area contributed by atoms with Gasteiger partial charge in [-0.25, -0.2) is 5.43 Å². The molecular formula is C19H21IN2O4. The topological polar surface area (TPSA) is 69.2 Å². The van der Waals surface area contributed by atoms with Gasteiger partial charge in [-0.2, -0.15) is 5.10 Å². The predicted octanol–water partition coefficient (Wildman–Crippen LogP) is 3.40. The van der Waals surface area contributed by atoms with E-state index in [4.69, 9.17) is 14.2 Å². The molecule has 26 heavy (non-hydrogen) atoms. The van der Waals surface area contributed by atoms with Crippen molar-refractivity contribution in [1.29, 1.82) is 0 Å². The number of carbonyl (C=O) groups is 1. The second-order valence-corrected chi connectivity index (χ2v) is 6.45. The number of rotatable bonds is 8. The molecule has 0 spiro atoms. The average Bonchev–Trinajstić information content (AvgIpc) is 2.63. The first-order valence-corrected chi connectivity index (χ1v) is 9.10. The maximum Gasteiger partial charge on any atom is 0.244 e. The molecule has 0 aliphatic carbocycles. The molecule has 0 atom stereocenters. The molecule has 0 saturated heterocycles. The molecule has 0 saturated carbocycles. The van der Waals surface area contributed by atoms with Crippen LogP contribution in [-0.4, -0.2) is 32.9 Å². The summed E-state index contributed by atoms with van der Waals surface area (Å²) in [6.45, 7) is 2.54. The molecule has 0 fully saturated rings. The van der Waals surface area contributed by atoms with E-state index in [1.165, 1.54) is 0 Å². The lowest BCUT2D eigenvalue weighted by atomic mass is 10.1. The van der Waals surface area contributed by atoms with Gasteiger partial charge in [-0.1, -0.05) is 12.1 Å². The van der Waals surface area contributed by atoms with Crippen molar-refractivity contribution in [3.05, 3.63) is 51.1 Å². The molecule has 1 N–H and O–H groups in total. The molecule has 1 amide bonds. The quantitative estimate of drug-likeness (QED) is 0.367. The molecule has 2 aromatic rings. The molecule has 0 aliphatic rings. The standard InChI is InChI=1S/C19H21IN2O4/c1-4-26-15-7-5-13(6-8-15)11-18(23)22-21-12-14-9-16(20)19(25-3)17(10-14)24-2/h5-10,12H,4,11H2,1-3H3,(H,22,23)/b21-12+. The largest absolute Gasteiger partial charge is 0.494 e. The first-order chi connectivity index (χ1) is 12.6. The lowest BCUT2D eigenvalue weighted by Crippen LogP contribution is -2.19. The molecule has 2 rings (SSSR count). The Hall–Kier alpha value is -2.29. The number of hydrogen-bond acceptors (Lipinski definition) is 5. The SMILES string of the molecule is CCOc1ccc(CC(=O)N/N=C/c2cc(I)c(OC)c(OC)c2)cc1. The Morgan fingerprint density at radius 1 is 1.19 bits per heavy atom. The molecule has 0 heterocycles. The van der Waals surface area contributed by atoms with Crippen molar-refractivity contribution in [2.45, 2.75) is 13.3 Å². The minimum absolute atomic E-state index is 0.194. The number of benzene rings is 2. The maximum atomic E-state index is 12.0. The van der Waals surface area contributed by atoms with Crippen LogP contribution in [0.2, 0.25) is 0 Å². The van der Waals surface area contributed by atoms with Gasteiger partial charge in [-0.05, 0) is 64.9 Å². The van der Waals surface area contributed by atoms with Gasteiger partial charge < -0.3 is 14.2 Å². The summed E-state index contributed by atoms with van der Waals surface area (Å²) >= 11 is 2.16. The Labute approximate surface area is 166 Å². The maximum absolute atomic E-state index is 12.0. The lowest BCUT2D eigenvalue weighted by molar-refractivity contribution is -0.120. The highest BCUT2D eigenvalue weighted by Gasteiger charge is 2.09. The second kappa shape index (κ2) is 10.0. The van der Waals surface area contributed by atoms with E-state index in [2.05, 4.69) is 33.1 Å². The van der Waals surface area contributed by atoms with Crippen molar-refractivity contribution >= 4 is 34.7 Å². The van der Waals surface area contributed by atoms with Crippen LogP contribution in [0.1, 0.15) is 18.1 Å². The van der Waals surface area contributed by atoms with Gasteiger partial charge in [0, 0.05) is 0 Å². The minimum atomic E-state index is -0.194. The Kier molecular flexibility index (Phi) is 7.71. The van der Waals surface area contributed by atoms with E-state index in [9.17, 15) is 4.79 Å². The van der Waals surface area contributed by atoms with Gasteiger partial charge in [-0.3, -0.25) is 4.79 Å². The van der Waals surface area contributed by atoms with E-state index in [0.717, 1.165) is 20.4 Å². The Morgan fingerprint density at radius 2 is 1.92 bits per heavy atom. The fourth-order valence-electron chi connectivity index (χ4n) is 2.29. The Morgan fingerprint density at radius 3 is 2.54 bits per heavy atom. The summed E-state index contributed by atoms with van der Waals surface area (Å²) in [7, 11) is 3.17. The molecule has 0 aromatic heterocycles. The predicted molar refractivity (Wildman–Crippen MR) is 109 cm³/mol. The van der Waals surface area contributed by atoms with Gasteiger partial charge in [0.2, 0.25) is 5.91 Å². The van der Waals surface area contributed by atoms with Crippen molar-refractivity contribution in [2.24, 2.45) is 5.10 Å². The zero-order valence-electron chi connectivity index (χ0n) is 14.9. The normalized spacial score (nSPS) is 10.6. The zero-order chi connectivity index (χ0) is 18.9. The smallest absolute Gasteiger partial charge is 0.244 e. The third kappa shape index (κ3) is 5.62. The van der Waals surface area contributed by atoms with E-state index >= 15 is 0 Å². The Balaban J connectivity index is 1.95. The highest BCUT2D eigenvalue weighted by Crippen LogP contribution is 2.32. The first kappa shape index (κ1) is 20.0. The van der Waals surface area contributed by atoms with Crippen LogP contribution in [0, 0.1) is 3.57 Å². The summed E-state index contributed by atoms with van der Waals surface area (Å²) in [4.78, 5) is 12.0. The van der Waals surface area contributed by atoms with Gasteiger partial charge in [0.25, 0.3) is 0 Å². The van der Waals surface area contributed by atoms with Gasteiger partial charge in [0.15, 0.2) is 11.5 Å². The van der Waals surface area contributed by atoms with Gasteiger partial charge in [-0.15, -0.1) is 0 Å². The average molecular weight is 468 g/mol. The number of ether oxygens (including phenoxy) is 3. The molecule has 0 bridgehead atoms. The van der Waals surface area contributed by atoms with Crippen LogP contribution in [0.3, 0.4) is 0 Å². The number of amides is 1. The monoisotopic (exact) mass is 468 g/mol. The molecule has 0 aliphatic heterocycles. The Bertz CT molecular complexity index is 776. The molecule has 0 unspecified atom stereocenters. The fourth-order valence-corrected chi connectivity index (χ4v) is 3.13. The van der Waals surface area contributed by atoms with E-state index < -0.39 is 0 Å². The zero-order valence-corrected chi connectivity index (χ0v) is 17.1. The van der Waals surface area contributed by atoms with Crippen molar-refractivity contribution in [3.8, 4) is 17.2 Å². The highest BCUT2D eigenvalue weighted by molar-refractivity contribution is 14.1. The number of halogens is 1. The minimum Gasteiger partial charge on any atom is -0.494 e. The number of hydrogen-bond donors (Lipinski definition) is 1. The van der Waals surface area contributed by atoms with E-state index in [0.29, 0.717) is 18.1 Å². The van der Waals surface area contributed by atoms with E-state index in [-0.39, 0.29) is 12.3 Å². The molecule has 6 nitrogen and oxygen atoms in total. The fraction of sp³-hybridized carbons (Fsp3) is 0.263. The van der Waals surface area contributed by atoms with Crippen LogP contribution in [0.5, 0.6) is 17.2 Å². The van der Waals surface area contributed by atoms with Crippen molar-refractivity contribution in [1.82, 2.24) is 5.43 Å². The number of carbonyl (C=O) groups excluding carboxylic acids is 1. The third-order valence-corrected chi connectivity index (χ3v) is 4.26. The van der Waals surface area contributed by atoms with Gasteiger partial charge in [0.05, 0.1) is 37.0 Å². The van der Waals surface area contributed by atoms with Crippen LogP contribution >= 0.6 is 22.6 Å². The summed E-state index contributed by atoms with van der Waals surface area (Å²) in [5.41, 5.74) is 4.22. The van der Waals surface area contributed by atoms with E-state index in [1.807, 2.05) is 37.3 Å². The summed E-state index contributed by atoms with van der Waals surface area (Å²) < 4.78 is 16.9. The number of methoxy groups -OCH3 is 2. The summed E-state index contributed by atoms with van der Waals surface area (Å²) in [6.07, 6.45) is 1.81. The first-order valence-electron chi connectivity index (χ1n) is 8.02. The van der Waals surface area contributed by atoms with Crippen molar-refractivity contribution in [3.63, 3.8) is 0 Å². The third-order valence-electron chi connectivity index (χ3n) is 3.46. The summed E-state index contributed by atoms with van der Waals surface area (Å²) in [5, 5.41) is 4.01. The second-order valence-electron chi connectivity index (χ2n) is 5.29. The molecule has 138 valence electrons. The van der Waals surface area contributed by atoms with Crippen LogP contribution in [0.4, 0.5) is 0 Å². The van der Waals surface area contributed by atoms with E-state index in [1.54, 1.807) is 26.5 Å². The van der Waals surface area contributed by atoms with Crippen LogP contribution in [-0.2, 0) is 11.2 Å². The summed E-state index contributed by atoms with van der Waals surface area (Å²) in [6, 6.07) is 11.1. The van der Waals surface area contributed by atoms with Gasteiger partial charge in [0.1, 0.15) is 5.75 Å². The van der Waals surface area contributed by atoms with Crippen molar-refractivity contribution < 1.29 is 19.0 Å². The molecule has 7 heteroatoms. The molecular weight excluding hydrogens is 447 g/mol. The summed E-state index contributed by atoms with van der Waals surface area (Å²) in [5.74, 6) is 1.88. The van der Waals surface area contributed by atoms with Crippen LogP contribution < -0.4 is 19.6 Å². The van der Waals surface area contributed by atoms with Crippen molar-refractivity contribution in [2.75, 3.05) is 20.8 Å². The molecule has 2 aromatic carbocycles. The number of nitrogens with zero attached hydrogens (tertiary/aromatic N) is 1. The van der Waals surface area contributed by atoms with Crippen LogP contribution in [0.15, 0.2) is 41.5 Å². The highest BCUT2D eigenvalue weighted by atomic mass is 127. The number of nitrogens with one attached hydrogen (secondary N) is 1. The lowest BCUT2D eigenvalue weighted by Gasteiger charge is -2.10. The molecule has 0 radical (unpaired) electrons.